The van der Waals surface area contributed by atoms with Crippen LogP contribution in [-0.4, -0.2) is 44.6 Å². The van der Waals surface area contributed by atoms with Gasteiger partial charge in [0, 0.05) is 13.1 Å². The molecule has 6 heteroatoms. The van der Waals surface area contributed by atoms with Gasteiger partial charge in [0.15, 0.2) is 5.96 Å². The second-order valence-electron chi connectivity index (χ2n) is 4.78. The number of hydrogen-bond acceptors (Lipinski definition) is 2. The molecule has 1 unspecified atom stereocenters. The minimum Gasteiger partial charge on any atom is -0.357 e. The van der Waals surface area contributed by atoms with Gasteiger partial charge >= 0.3 is 0 Å². The molecule has 1 aromatic carbocycles. The van der Waals surface area contributed by atoms with Crippen LogP contribution in [0.4, 0.5) is 4.39 Å². The maximum atomic E-state index is 13.4. The van der Waals surface area contributed by atoms with E-state index in [1.807, 2.05) is 38.9 Å². The summed E-state index contributed by atoms with van der Waals surface area (Å²) < 4.78 is 13.4. The number of halogens is 2. The molecule has 120 valence electrons. The highest BCUT2D eigenvalue weighted by Crippen LogP contribution is 2.19. The van der Waals surface area contributed by atoms with Crippen LogP contribution < -0.4 is 10.6 Å². The number of nitrogens with one attached hydrogen (secondary N) is 2. The summed E-state index contributed by atoms with van der Waals surface area (Å²) in [5, 5.41) is 6.37. The lowest BCUT2D eigenvalue weighted by Crippen LogP contribution is -2.37. The third-order valence-electron chi connectivity index (χ3n) is 2.97. The van der Waals surface area contributed by atoms with Gasteiger partial charge in [-0.15, -0.1) is 24.0 Å². The smallest absolute Gasteiger partial charge is 0.191 e. The van der Waals surface area contributed by atoms with Crippen molar-refractivity contribution in [2.75, 3.05) is 33.7 Å². The van der Waals surface area contributed by atoms with Crippen molar-refractivity contribution >= 4 is 29.9 Å². The number of benzene rings is 1. The van der Waals surface area contributed by atoms with E-state index >= 15 is 0 Å². The first-order valence-electron chi connectivity index (χ1n) is 7.02. The van der Waals surface area contributed by atoms with Crippen molar-refractivity contribution in [3.8, 4) is 0 Å². The van der Waals surface area contributed by atoms with Crippen molar-refractivity contribution in [2.24, 2.45) is 4.99 Å². The predicted octanol–water partition coefficient (Wildman–Crippen LogP) is 2.62. The largest absolute Gasteiger partial charge is 0.357 e. The molecule has 0 fully saturated rings. The number of aliphatic imine (C=N–C) groups is 1. The van der Waals surface area contributed by atoms with Crippen LogP contribution in [0.3, 0.4) is 0 Å². The van der Waals surface area contributed by atoms with Crippen molar-refractivity contribution < 1.29 is 4.39 Å². The maximum Gasteiger partial charge on any atom is 0.191 e. The Labute approximate surface area is 144 Å². The molecule has 0 spiro atoms. The Kier molecular flexibility index (Phi) is 10.3. The zero-order valence-corrected chi connectivity index (χ0v) is 15.5. The Morgan fingerprint density at radius 3 is 2.33 bits per heavy atom. The van der Waals surface area contributed by atoms with Crippen molar-refractivity contribution in [3.05, 3.63) is 35.6 Å². The summed E-state index contributed by atoms with van der Waals surface area (Å²) in [6.07, 6.45) is 0. The van der Waals surface area contributed by atoms with Crippen LogP contribution in [0, 0.1) is 5.82 Å². The van der Waals surface area contributed by atoms with E-state index in [1.165, 1.54) is 6.07 Å². The zero-order valence-electron chi connectivity index (χ0n) is 13.2. The molecule has 0 amide bonds. The third-order valence-corrected chi connectivity index (χ3v) is 2.97. The van der Waals surface area contributed by atoms with Gasteiger partial charge in [0.1, 0.15) is 5.82 Å². The van der Waals surface area contributed by atoms with Crippen LogP contribution in [0.25, 0.3) is 0 Å². The Morgan fingerprint density at radius 2 is 1.86 bits per heavy atom. The average Bonchev–Trinajstić information content (AvgIpc) is 2.39. The van der Waals surface area contributed by atoms with Gasteiger partial charge < -0.3 is 15.5 Å². The normalized spacial score (nSPS) is 11.5. The molecular formula is C15H26FIN4. The topological polar surface area (TPSA) is 39.7 Å². The van der Waals surface area contributed by atoms with Gasteiger partial charge in [-0.25, -0.2) is 4.39 Å². The highest BCUT2D eigenvalue weighted by atomic mass is 127. The second-order valence-corrected chi connectivity index (χ2v) is 4.78. The summed E-state index contributed by atoms with van der Waals surface area (Å²) in [4.78, 5) is 6.61. The Bertz CT molecular complexity index is 429. The molecule has 0 aromatic heterocycles. The maximum absolute atomic E-state index is 13.4. The van der Waals surface area contributed by atoms with Crippen LogP contribution in [0.2, 0.25) is 0 Å². The van der Waals surface area contributed by atoms with E-state index in [0.717, 1.165) is 24.6 Å². The molecule has 4 nitrogen and oxygen atoms in total. The Hall–Kier alpha value is -0.890. The molecule has 0 heterocycles. The molecule has 0 saturated heterocycles. The van der Waals surface area contributed by atoms with E-state index in [4.69, 9.17) is 0 Å². The van der Waals surface area contributed by atoms with E-state index in [9.17, 15) is 4.39 Å². The number of hydrogen-bond donors (Lipinski definition) is 2. The molecule has 1 atom stereocenters. The molecule has 0 aliphatic carbocycles. The van der Waals surface area contributed by atoms with Gasteiger partial charge in [-0.3, -0.25) is 4.99 Å². The SMILES string of the molecule is CCNC(=NCC(c1cccc(F)c1)N(C)C)NCC.I. The monoisotopic (exact) mass is 408 g/mol. The van der Waals surface area contributed by atoms with Crippen molar-refractivity contribution in [3.63, 3.8) is 0 Å². The van der Waals surface area contributed by atoms with Crippen LogP contribution in [0.15, 0.2) is 29.3 Å². The first-order chi connectivity index (χ1) is 9.58. The second kappa shape index (κ2) is 10.8. The van der Waals surface area contributed by atoms with Crippen molar-refractivity contribution in [1.29, 1.82) is 0 Å². The molecule has 21 heavy (non-hydrogen) atoms. The van der Waals surface area contributed by atoms with Gasteiger partial charge in [-0.05, 0) is 45.6 Å². The van der Waals surface area contributed by atoms with Gasteiger partial charge in [0.05, 0.1) is 12.6 Å². The lowest BCUT2D eigenvalue weighted by molar-refractivity contribution is 0.305. The van der Waals surface area contributed by atoms with Crippen molar-refractivity contribution in [1.82, 2.24) is 15.5 Å². The molecule has 0 radical (unpaired) electrons. The number of rotatable bonds is 6. The standard InChI is InChI=1S/C15H25FN4.HI/c1-5-17-15(18-6-2)19-11-14(20(3)4)12-8-7-9-13(16)10-12;/h7-10,14H,5-6,11H2,1-4H3,(H2,17,18,19);1H. The van der Waals surface area contributed by atoms with E-state index in [1.54, 1.807) is 12.1 Å². The lowest BCUT2D eigenvalue weighted by atomic mass is 10.1. The molecule has 2 N–H and O–H groups in total. The van der Waals surface area contributed by atoms with Crippen LogP contribution >= 0.6 is 24.0 Å². The minimum atomic E-state index is -0.211. The summed E-state index contributed by atoms with van der Waals surface area (Å²) >= 11 is 0. The first-order valence-corrected chi connectivity index (χ1v) is 7.02. The van der Waals surface area contributed by atoms with Crippen LogP contribution in [0.5, 0.6) is 0 Å². The minimum absolute atomic E-state index is 0. The summed E-state index contributed by atoms with van der Waals surface area (Å²) in [5.74, 6) is 0.579. The van der Waals surface area contributed by atoms with Crippen LogP contribution in [0.1, 0.15) is 25.5 Å². The summed E-state index contributed by atoms with van der Waals surface area (Å²) in [6.45, 7) is 6.27. The number of likely N-dealkylation sites (N-methyl/N-ethyl adjacent to an activating group) is 1. The Balaban J connectivity index is 0.00000400. The average molecular weight is 408 g/mol. The summed E-state index contributed by atoms with van der Waals surface area (Å²) in [5.41, 5.74) is 0.936. The molecule has 0 bridgehead atoms. The van der Waals surface area contributed by atoms with Gasteiger partial charge in [0.2, 0.25) is 0 Å². The van der Waals surface area contributed by atoms with Gasteiger partial charge in [-0.1, -0.05) is 12.1 Å². The first kappa shape index (κ1) is 20.1. The van der Waals surface area contributed by atoms with E-state index in [2.05, 4.69) is 15.6 Å². The predicted molar refractivity (Wildman–Crippen MR) is 97.9 cm³/mol. The van der Waals surface area contributed by atoms with E-state index < -0.39 is 0 Å². The molecular weight excluding hydrogens is 382 g/mol. The van der Waals surface area contributed by atoms with Crippen molar-refractivity contribution in [2.45, 2.75) is 19.9 Å². The highest BCUT2D eigenvalue weighted by Gasteiger charge is 2.14. The fourth-order valence-corrected chi connectivity index (χ4v) is 1.97. The van der Waals surface area contributed by atoms with E-state index in [0.29, 0.717) is 6.54 Å². The molecule has 1 aromatic rings. The van der Waals surface area contributed by atoms with E-state index in [-0.39, 0.29) is 35.8 Å². The van der Waals surface area contributed by atoms with Crippen LogP contribution in [-0.2, 0) is 0 Å². The quantitative estimate of drug-likeness (QED) is 0.432. The fraction of sp³-hybridized carbons (Fsp3) is 0.533. The molecule has 1 rings (SSSR count). The molecule has 0 aliphatic rings. The summed E-state index contributed by atoms with van der Waals surface area (Å²) in [6, 6.07) is 6.75. The van der Waals surface area contributed by atoms with Gasteiger partial charge in [0.25, 0.3) is 0 Å². The zero-order chi connectivity index (χ0) is 15.0. The summed E-state index contributed by atoms with van der Waals surface area (Å²) in [7, 11) is 3.95. The highest BCUT2D eigenvalue weighted by molar-refractivity contribution is 14.0. The molecule has 0 aliphatic heterocycles. The third kappa shape index (κ3) is 7.08. The fourth-order valence-electron chi connectivity index (χ4n) is 1.97. The number of nitrogens with zero attached hydrogens (tertiary/aromatic N) is 2. The number of guanidine groups is 1. The Morgan fingerprint density at radius 1 is 1.24 bits per heavy atom. The molecule has 0 saturated carbocycles. The lowest BCUT2D eigenvalue weighted by Gasteiger charge is -2.23. The van der Waals surface area contributed by atoms with Gasteiger partial charge in [-0.2, -0.15) is 0 Å².